The molecule has 3 heterocycles. The lowest BCUT2D eigenvalue weighted by molar-refractivity contribution is -0.0503. The summed E-state index contributed by atoms with van der Waals surface area (Å²) in [4.78, 5) is 9.10. The van der Waals surface area contributed by atoms with Gasteiger partial charge < -0.3 is 10.1 Å². The van der Waals surface area contributed by atoms with Crippen molar-refractivity contribution in [1.82, 2.24) is 15.2 Å². The summed E-state index contributed by atoms with van der Waals surface area (Å²) >= 11 is 1.90. The first-order valence-corrected chi connectivity index (χ1v) is 9.25. The number of ether oxygens (including phenoxy) is 1. The van der Waals surface area contributed by atoms with Crippen molar-refractivity contribution in [1.29, 1.82) is 0 Å². The van der Waals surface area contributed by atoms with E-state index in [4.69, 9.17) is 9.72 Å². The minimum absolute atomic E-state index is 0.206. The van der Waals surface area contributed by atoms with Gasteiger partial charge in [-0.05, 0) is 45.2 Å². The molecule has 3 atom stereocenters. The molecular weight excluding hydrogens is 282 g/mol. The quantitative estimate of drug-likeness (QED) is 0.931. The van der Waals surface area contributed by atoms with Gasteiger partial charge in [0, 0.05) is 17.5 Å². The molecule has 5 heteroatoms. The largest absolute Gasteiger partial charge is 0.368 e. The number of aromatic nitrogens is 1. The Hall–Kier alpha value is -0.490. The zero-order valence-electron chi connectivity index (χ0n) is 12.8. The molecule has 0 spiro atoms. The normalized spacial score (nSPS) is 32.9. The summed E-state index contributed by atoms with van der Waals surface area (Å²) in [7, 11) is 0. The average Bonchev–Trinajstić information content (AvgIpc) is 3.13. The van der Waals surface area contributed by atoms with Crippen LogP contribution >= 0.6 is 11.3 Å². The Balaban J connectivity index is 1.53. The van der Waals surface area contributed by atoms with Crippen molar-refractivity contribution in [2.24, 2.45) is 0 Å². The van der Waals surface area contributed by atoms with Gasteiger partial charge in [0.05, 0.1) is 18.3 Å². The van der Waals surface area contributed by atoms with Crippen LogP contribution in [0.25, 0.3) is 0 Å². The number of rotatable bonds is 3. The summed E-state index contributed by atoms with van der Waals surface area (Å²) < 4.78 is 6.14. The maximum Gasteiger partial charge on any atom is 0.123 e. The smallest absolute Gasteiger partial charge is 0.123 e. The Morgan fingerprint density at radius 2 is 2.33 bits per heavy atom. The minimum atomic E-state index is 0.206. The van der Waals surface area contributed by atoms with Crippen molar-refractivity contribution >= 4 is 11.3 Å². The topological polar surface area (TPSA) is 37.4 Å². The third kappa shape index (κ3) is 2.65. The molecule has 0 bridgehead atoms. The van der Waals surface area contributed by atoms with E-state index >= 15 is 0 Å². The SMILES string of the molecule is CCNC1CCCc2sc(C3CN4CCCC4CO3)nc21. The molecule has 0 radical (unpaired) electrons. The molecule has 0 amide bonds. The van der Waals surface area contributed by atoms with Crippen LogP contribution in [0.15, 0.2) is 0 Å². The van der Waals surface area contributed by atoms with Crippen LogP contribution in [0, 0.1) is 0 Å². The molecule has 3 unspecified atom stereocenters. The number of hydrogen-bond acceptors (Lipinski definition) is 5. The van der Waals surface area contributed by atoms with Crippen LogP contribution in [0.4, 0.5) is 0 Å². The lowest BCUT2D eigenvalue weighted by Crippen LogP contribution is -2.42. The molecule has 0 saturated carbocycles. The molecule has 4 nitrogen and oxygen atoms in total. The van der Waals surface area contributed by atoms with Crippen molar-refractivity contribution in [3.63, 3.8) is 0 Å². The fourth-order valence-electron chi connectivity index (χ4n) is 3.99. The molecule has 2 saturated heterocycles. The highest BCUT2D eigenvalue weighted by atomic mass is 32.1. The van der Waals surface area contributed by atoms with E-state index < -0.39 is 0 Å². The van der Waals surface area contributed by atoms with Crippen LogP contribution < -0.4 is 5.32 Å². The van der Waals surface area contributed by atoms with Gasteiger partial charge in [0.1, 0.15) is 11.1 Å². The number of fused-ring (bicyclic) bond motifs is 2. The number of nitrogens with one attached hydrogen (secondary N) is 1. The van der Waals surface area contributed by atoms with Crippen LogP contribution in [0.1, 0.15) is 60.3 Å². The van der Waals surface area contributed by atoms with Gasteiger partial charge in [0.25, 0.3) is 0 Å². The highest BCUT2D eigenvalue weighted by molar-refractivity contribution is 7.11. The molecule has 2 fully saturated rings. The van der Waals surface area contributed by atoms with E-state index in [2.05, 4.69) is 17.1 Å². The summed E-state index contributed by atoms with van der Waals surface area (Å²) in [5, 5.41) is 4.80. The number of aryl methyl sites for hydroxylation is 1. The van der Waals surface area contributed by atoms with Gasteiger partial charge in [-0.3, -0.25) is 4.90 Å². The van der Waals surface area contributed by atoms with Crippen LogP contribution in [-0.2, 0) is 11.2 Å². The van der Waals surface area contributed by atoms with Crippen molar-refractivity contribution in [2.75, 3.05) is 26.2 Å². The van der Waals surface area contributed by atoms with E-state index in [-0.39, 0.29) is 6.10 Å². The molecule has 1 aromatic rings. The number of thiazole rings is 1. The van der Waals surface area contributed by atoms with Crippen LogP contribution in [-0.4, -0.2) is 42.2 Å². The van der Waals surface area contributed by atoms with Gasteiger partial charge >= 0.3 is 0 Å². The predicted molar refractivity (Wildman–Crippen MR) is 84.8 cm³/mol. The molecular formula is C16H25N3OS. The zero-order valence-corrected chi connectivity index (χ0v) is 13.6. The monoisotopic (exact) mass is 307 g/mol. The second kappa shape index (κ2) is 5.95. The Bertz CT molecular complexity index is 504. The van der Waals surface area contributed by atoms with Gasteiger partial charge in [-0.25, -0.2) is 4.98 Å². The Morgan fingerprint density at radius 1 is 1.38 bits per heavy atom. The second-order valence-electron chi connectivity index (χ2n) is 6.48. The van der Waals surface area contributed by atoms with Crippen molar-refractivity contribution < 1.29 is 4.74 Å². The molecule has 0 aromatic carbocycles. The summed E-state index contributed by atoms with van der Waals surface area (Å²) in [6.45, 7) is 6.38. The third-order valence-corrected chi connectivity index (χ3v) is 6.31. The van der Waals surface area contributed by atoms with Gasteiger partial charge in [0.2, 0.25) is 0 Å². The summed E-state index contributed by atoms with van der Waals surface area (Å²) in [5.41, 5.74) is 1.32. The first-order valence-electron chi connectivity index (χ1n) is 8.43. The summed E-state index contributed by atoms with van der Waals surface area (Å²) in [6, 6.07) is 1.14. The number of nitrogens with zero attached hydrogens (tertiary/aromatic N) is 2. The second-order valence-corrected chi connectivity index (χ2v) is 7.59. The fourth-order valence-corrected chi connectivity index (χ4v) is 5.20. The van der Waals surface area contributed by atoms with Crippen molar-refractivity contribution in [3.8, 4) is 0 Å². The van der Waals surface area contributed by atoms with E-state index in [0.717, 1.165) is 19.7 Å². The number of morpholine rings is 1. The van der Waals surface area contributed by atoms with Gasteiger partial charge in [-0.2, -0.15) is 0 Å². The molecule has 1 N–H and O–H groups in total. The van der Waals surface area contributed by atoms with Gasteiger partial charge in [-0.1, -0.05) is 6.92 Å². The zero-order chi connectivity index (χ0) is 14.2. The van der Waals surface area contributed by atoms with E-state index in [9.17, 15) is 0 Å². The minimum Gasteiger partial charge on any atom is -0.368 e. The summed E-state index contributed by atoms with van der Waals surface area (Å²) in [6.07, 6.45) is 6.56. The number of hydrogen-bond donors (Lipinski definition) is 1. The lowest BCUT2D eigenvalue weighted by Gasteiger charge is -2.34. The lowest BCUT2D eigenvalue weighted by atomic mass is 9.98. The molecule has 4 rings (SSSR count). The van der Waals surface area contributed by atoms with Crippen LogP contribution in [0.2, 0.25) is 0 Å². The van der Waals surface area contributed by atoms with Crippen molar-refractivity contribution in [3.05, 3.63) is 15.6 Å². The van der Waals surface area contributed by atoms with E-state index in [1.165, 1.54) is 54.2 Å². The maximum atomic E-state index is 6.14. The molecule has 2 aliphatic heterocycles. The first kappa shape index (κ1) is 14.1. The average molecular weight is 307 g/mol. The Morgan fingerprint density at radius 3 is 3.24 bits per heavy atom. The van der Waals surface area contributed by atoms with E-state index in [1.807, 2.05) is 11.3 Å². The van der Waals surface area contributed by atoms with Crippen LogP contribution in [0.3, 0.4) is 0 Å². The van der Waals surface area contributed by atoms with Gasteiger partial charge in [-0.15, -0.1) is 11.3 Å². The highest BCUT2D eigenvalue weighted by Gasteiger charge is 2.35. The van der Waals surface area contributed by atoms with Crippen LogP contribution in [0.5, 0.6) is 0 Å². The first-order chi connectivity index (χ1) is 10.3. The van der Waals surface area contributed by atoms with Gasteiger partial charge in [0.15, 0.2) is 0 Å². The summed E-state index contributed by atoms with van der Waals surface area (Å²) in [5.74, 6) is 0. The van der Waals surface area contributed by atoms with E-state index in [1.54, 1.807) is 0 Å². The Kier molecular flexibility index (Phi) is 4.00. The fraction of sp³-hybridized carbons (Fsp3) is 0.812. The highest BCUT2D eigenvalue weighted by Crippen LogP contribution is 2.38. The molecule has 21 heavy (non-hydrogen) atoms. The third-order valence-electron chi connectivity index (χ3n) is 5.09. The predicted octanol–water partition coefficient (Wildman–Crippen LogP) is 2.67. The maximum absolute atomic E-state index is 6.14. The molecule has 1 aliphatic carbocycles. The molecule has 1 aromatic heterocycles. The standard InChI is InChI=1S/C16H25N3OS/c1-2-17-12-6-3-7-14-15(12)18-16(21-14)13-9-19-8-4-5-11(19)10-20-13/h11-13,17H,2-10H2,1H3. The molecule has 3 aliphatic rings. The van der Waals surface area contributed by atoms with Crippen molar-refractivity contribution in [2.45, 2.75) is 57.2 Å². The molecule has 116 valence electrons. The van der Waals surface area contributed by atoms with E-state index in [0.29, 0.717) is 12.1 Å². The Labute approximate surface area is 130 Å².